The number of hydrogen-bond donors (Lipinski definition) is 1. The van der Waals surface area contributed by atoms with Crippen molar-refractivity contribution < 1.29 is 18.3 Å². The smallest absolute Gasteiger partial charge is 0.322 e. The van der Waals surface area contributed by atoms with E-state index in [-0.39, 0.29) is 16.7 Å². The highest BCUT2D eigenvalue weighted by molar-refractivity contribution is 7.89. The summed E-state index contributed by atoms with van der Waals surface area (Å²) < 4.78 is 26.1. The molecule has 1 saturated carbocycles. The molecule has 0 aromatic heterocycles. The number of aliphatic carboxylic acids is 1. The Labute approximate surface area is 111 Å². The fourth-order valence-electron chi connectivity index (χ4n) is 2.83. The predicted molar refractivity (Wildman–Crippen MR) is 68.1 cm³/mol. The van der Waals surface area contributed by atoms with Gasteiger partial charge in [0.15, 0.2) is 0 Å². The van der Waals surface area contributed by atoms with Gasteiger partial charge < -0.3 is 5.11 Å². The number of carbonyl (C=O) groups is 1. The number of aryl methyl sites for hydroxylation is 1. The van der Waals surface area contributed by atoms with Gasteiger partial charge in [0.05, 0.1) is 4.90 Å². The predicted octanol–water partition coefficient (Wildman–Crippen LogP) is 1.09. The van der Waals surface area contributed by atoms with Gasteiger partial charge in [-0.1, -0.05) is 17.7 Å². The number of carboxylic acid groups (broad SMARTS) is 1. The first-order valence-electron chi connectivity index (χ1n) is 6.22. The monoisotopic (exact) mass is 281 g/mol. The highest BCUT2D eigenvalue weighted by atomic mass is 32.2. The fraction of sp³-hybridized carbons (Fsp3) is 0.462. The lowest BCUT2D eigenvalue weighted by Crippen LogP contribution is -2.43. The fourth-order valence-corrected chi connectivity index (χ4v) is 4.51. The number of hydrogen-bond acceptors (Lipinski definition) is 3. The minimum absolute atomic E-state index is 0.00211. The summed E-state index contributed by atoms with van der Waals surface area (Å²) in [5.74, 6) is -0.820. The number of carboxylic acids is 1. The Balaban J connectivity index is 1.96. The quantitative estimate of drug-likeness (QED) is 0.900. The number of rotatable bonds is 3. The maximum Gasteiger partial charge on any atom is 0.322 e. The van der Waals surface area contributed by atoms with Crippen molar-refractivity contribution in [1.82, 2.24) is 4.31 Å². The van der Waals surface area contributed by atoms with Crippen LogP contribution in [-0.4, -0.2) is 36.4 Å². The molecular weight excluding hydrogens is 266 g/mol. The van der Waals surface area contributed by atoms with Crippen LogP contribution in [0, 0.1) is 18.8 Å². The molecule has 3 rings (SSSR count). The Morgan fingerprint density at radius 3 is 2.53 bits per heavy atom. The molecule has 2 fully saturated rings. The van der Waals surface area contributed by atoms with E-state index in [0.717, 1.165) is 16.3 Å². The molecule has 0 unspecified atom stereocenters. The molecule has 1 aromatic rings. The summed E-state index contributed by atoms with van der Waals surface area (Å²) in [4.78, 5) is 11.4. The Morgan fingerprint density at radius 2 is 1.95 bits per heavy atom. The van der Waals surface area contributed by atoms with Crippen LogP contribution < -0.4 is 0 Å². The van der Waals surface area contributed by atoms with Crippen molar-refractivity contribution in [3.05, 3.63) is 29.8 Å². The van der Waals surface area contributed by atoms with E-state index in [1.165, 1.54) is 12.1 Å². The van der Waals surface area contributed by atoms with Crippen LogP contribution in [0.4, 0.5) is 0 Å². The van der Waals surface area contributed by atoms with Crippen LogP contribution in [-0.2, 0) is 14.8 Å². The molecule has 1 aliphatic heterocycles. The van der Waals surface area contributed by atoms with Crippen molar-refractivity contribution in [3.8, 4) is 0 Å². The van der Waals surface area contributed by atoms with Gasteiger partial charge in [-0.2, -0.15) is 4.31 Å². The van der Waals surface area contributed by atoms with E-state index >= 15 is 0 Å². The molecule has 102 valence electrons. The number of benzene rings is 1. The largest absolute Gasteiger partial charge is 0.480 e. The van der Waals surface area contributed by atoms with Crippen molar-refractivity contribution in [3.63, 3.8) is 0 Å². The summed E-state index contributed by atoms with van der Waals surface area (Å²) in [6, 6.07) is 5.62. The zero-order chi connectivity index (χ0) is 13.8. The highest BCUT2D eigenvalue weighted by Crippen LogP contribution is 2.51. The summed E-state index contributed by atoms with van der Waals surface area (Å²) >= 11 is 0. The Kier molecular flexibility index (Phi) is 2.69. The Morgan fingerprint density at radius 1 is 1.32 bits per heavy atom. The molecule has 19 heavy (non-hydrogen) atoms. The zero-order valence-corrected chi connectivity index (χ0v) is 11.3. The highest BCUT2D eigenvalue weighted by Gasteiger charge is 2.59. The van der Waals surface area contributed by atoms with Crippen LogP contribution in [0.15, 0.2) is 29.2 Å². The average Bonchev–Trinajstić information content (AvgIpc) is 2.99. The van der Waals surface area contributed by atoms with E-state index in [9.17, 15) is 18.3 Å². The first-order chi connectivity index (χ1) is 8.91. The number of piperidine rings is 1. The molecule has 1 aromatic carbocycles. The second kappa shape index (κ2) is 4.05. The maximum atomic E-state index is 12.5. The summed E-state index contributed by atoms with van der Waals surface area (Å²) in [6.07, 6.45) is 0.830. The molecule has 0 spiro atoms. The summed E-state index contributed by atoms with van der Waals surface area (Å²) in [5, 5.41) is 9.23. The molecule has 0 amide bonds. The number of sulfonamides is 1. The number of nitrogens with zero attached hydrogens (tertiary/aromatic N) is 1. The molecule has 1 aliphatic carbocycles. The van der Waals surface area contributed by atoms with Gasteiger partial charge in [0.2, 0.25) is 10.0 Å². The van der Waals surface area contributed by atoms with Gasteiger partial charge >= 0.3 is 5.97 Å². The van der Waals surface area contributed by atoms with Crippen LogP contribution in [0.5, 0.6) is 0 Å². The lowest BCUT2D eigenvalue weighted by atomic mass is 10.2. The molecule has 1 N–H and O–H groups in total. The SMILES string of the molecule is Cc1ccc(S(=O)(=O)N2C[C@H]3C[C@H]3[C@H]2C(=O)O)cc1. The lowest BCUT2D eigenvalue weighted by molar-refractivity contribution is -0.141. The van der Waals surface area contributed by atoms with Crippen molar-refractivity contribution >= 4 is 16.0 Å². The minimum atomic E-state index is -3.70. The number of fused-ring (bicyclic) bond motifs is 1. The third-order valence-corrected chi connectivity index (χ3v) is 5.85. The summed E-state index contributed by atoms with van der Waals surface area (Å²) in [7, 11) is -3.70. The van der Waals surface area contributed by atoms with Gasteiger partial charge in [-0.15, -0.1) is 0 Å². The van der Waals surface area contributed by atoms with Gasteiger partial charge in [-0.05, 0) is 37.3 Å². The van der Waals surface area contributed by atoms with Crippen molar-refractivity contribution in [1.29, 1.82) is 0 Å². The van der Waals surface area contributed by atoms with Crippen LogP contribution in [0.3, 0.4) is 0 Å². The van der Waals surface area contributed by atoms with Crippen molar-refractivity contribution in [2.45, 2.75) is 24.3 Å². The van der Waals surface area contributed by atoms with E-state index in [1.54, 1.807) is 12.1 Å². The molecule has 1 heterocycles. The molecule has 0 radical (unpaired) electrons. The topological polar surface area (TPSA) is 74.7 Å². The second-order valence-corrected chi connectivity index (χ2v) is 7.22. The van der Waals surface area contributed by atoms with Crippen LogP contribution in [0.25, 0.3) is 0 Å². The summed E-state index contributed by atoms with van der Waals surface area (Å²) in [6.45, 7) is 2.21. The third kappa shape index (κ3) is 1.95. The van der Waals surface area contributed by atoms with Gasteiger partial charge in [-0.3, -0.25) is 4.79 Å². The summed E-state index contributed by atoms with van der Waals surface area (Å²) in [5.41, 5.74) is 0.970. The van der Waals surface area contributed by atoms with E-state index in [4.69, 9.17) is 0 Å². The molecule has 1 saturated heterocycles. The van der Waals surface area contributed by atoms with Gasteiger partial charge in [0.1, 0.15) is 6.04 Å². The molecule has 6 heteroatoms. The molecule has 2 aliphatic rings. The van der Waals surface area contributed by atoms with E-state index in [2.05, 4.69) is 0 Å². The molecule has 3 atom stereocenters. The third-order valence-electron chi connectivity index (χ3n) is 3.99. The van der Waals surface area contributed by atoms with Gasteiger partial charge in [0.25, 0.3) is 0 Å². The minimum Gasteiger partial charge on any atom is -0.480 e. The van der Waals surface area contributed by atoms with Gasteiger partial charge in [0, 0.05) is 6.54 Å². The Bertz CT molecular complexity index is 623. The van der Waals surface area contributed by atoms with Crippen LogP contribution >= 0.6 is 0 Å². The van der Waals surface area contributed by atoms with Crippen LogP contribution in [0.2, 0.25) is 0 Å². The molecule has 0 bridgehead atoms. The Hall–Kier alpha value is -1.40. The van der Waals surface area contributed by atoms with Gasteiger partial charge in [-0.25, -0.2) is 8.42 Å². The molecular formula is C13H15NO4S. The molecule has 5 nitrogen and oxygen atoms in total. The van der Waals surface area contributed by atoms with Crippen molar-refractivity contribution in [2.24, 2.45) is 11.8 Å². The zero-order valence-electron chi connectivity index (χ0n) is 10.5. The first-order valence-corrected chi connectivity index (χ1v) is 7.66. The first kappa shape index (κ1) is 12.6. The van der Waals surface area contributed by atoms with E-state index < -0.39 is 22.0 Å². The standard InChI is InChI=1S/C13H15NO4S/c1-8-2-4-10(5-3-8)19(17,18)14-7-9-6-11(9)12(14)13(15)16/h2-5,9,11-12H,6-7H2,1H3,(H,15,16)/t9-,11-,12+/m1/s1. The van der Waals surface area contributed by atoms with E-state index in [1.807, 2.05) is 6.92 Å². The van der Waals surface area contributed by atoms with E-state index in [0.29, 0.717) is 6.54 Å². The average molecular weight is 281 g/mol. The second-order valence-electron chi connectivity index (χ2n) is 5.33. The maximum absolute atomic E-state index is 12.5. The lowest BCUT2D eigenvalue weighted by Gasteiger charge is -2.23. The van der Waals surface area contributed by atoms with Crippen molar-refractivity contribution in [2.75, 3.05) is 6.54 Å². The van der Waals surface area contributed by atoms with Crippen LogP contribution in [0.1, 0.15) is 12.0 Å². The normalized spacial score (nSPS) is 30.1.